The first kappa shape index (κ1) is 14.0. The molecule has 0 saturated carbocycles. The van der Waals surface area contributed by atoms with Crippen molar-refractivity contribution in [3.8, 4) is 0 Å². The lowest BCUT2D eigenvalue weighted by molar-refractivity contribution is -0.907. The van der Waals surface area contributed by atoms with Gasteiger partial charge in [0.1, 0.15) is 0 Å². The molecule has 1 aliphatic heterocycles. The molecule has 104 valence electrons. The lowest BCUT2D eigenvalue weighted by Gasteiger charge is -2.33. The smallest absolute Gasteiger partial charge is 0.214 e. The molecule has 0 aromatic rings. The summed E-state index contributed by atoms with van der Waals surface area (Å²) in [7, 11) is -2.97. The van der Waals surface area contributed by atoms with E-state index >= 15 is 0 Å². The Morgan fingerprint density at radius 1 is 1.28 bits per heavy atom. The molecule has 0 amide bonds. The van der Waals surface area contributed by atoms with Gasteiger partial charge in [-0.3, -0.25) is 0 Å². The standard InChI is InChI=1S/C13H24N2O2S/c1-2-18(16,17)15-10-8-14(9-11-15)12-13-6-4-3-5-7-13/h3-4,13H,2,5-12H2,1H3/p+1/t13-/m0/s1. The van der Waals surface area contributed by atoms with Gasteiger partial charge in [-0.15, -0.1) is 0 Å². The third-order valence-corrected chi connectivity index (χ3v) is 6.02. The molecule has 0 bridgehead atoms. The van der Waals surface area contributed by atoms with E-state index in [1.54, 1.807) is 16.1 Å². The molecule has 0 aromatic carbocycles. The molecule has 2 aliphatic rings. The first-order valence-corrected chi connectivity index (χ1v) is 8.69. The molecule has 18 heavy (non-hydrogen) atoms. The van der Waals surface area contributed by atoms with Crippen molar-refractivity contribution in [1.82, 2.24) is 4.31 Å². The van der Waals surface area contributed by atoms with Crippen LogP contribution in [-0.4, -0.2) is 51.2 Å². The summed E-state index contributed by atoms with van der Waals surface area (Å²) in [6, 6.07) is 0. The summed E-state index contributed by atoms with van der Waals surface area (Å²) < 4.78 is 25.2. The van der Waals surface area contributed by atoms with Gasteiger partial charge in [-0.25, -0.2) is 8.42 Å². The average Bonchev–Trinajstić information content (AvgIpc) is 2.40. The van der Waals surface area contributed by atoms with Crippen molar-refractivity contribution in [3.05, 3.63) is 12.2 Å². The van der Waals surface area contributed by atoms with Gasteiger partial charge in [-0.1, -0.05) is 12.2 Å². The molecule has 0 unspecified atom stereocenters. The maximum absolute atomic E-state index is 11.8. The summed E-state index contributed by atoms with van der Waals surface area (Å²) in [6.45, 7) is 6.29. The van der Waals surface area contributed by atoms with Crippen LogP contribution in [0.5, 0.6) is 0 Å². The number of quaternary nitrogens is 1. The van der Waals surface area contributed by atoms with Crippen LogP contribution < -0.4 is 4.90 Å². The van der Waals surface area contributed by atoms with Crippen LogP contribution in [0.2, 0.25) is 0 Å². The minimum atomic E-state index is -2.97. The Hall–Kier alpha value is -0.390. The Morgan fingerprint density at radius 3 is 2.56 bits per heavy atom. The highest BCUT2D eigenvalue weighted by Crippen LogP contribution is 2.16. The van der Waals surface area contributed by atoms with Gasteiger partial charge in [0.15, 0.2) is 0 Å². The van der Waals surface area contributed by atoms with Crippen molar-refractivity contribution in [3.63, 3.8) is 0 Å². The highest BCUT2D eigenvalue weighted by Gasteiger charge is 2.28. The third kappa shape index (κ3) is 3.56. The number of piperazine rings is 1. The van der Waals surface area contributed by atoms with Gasteiger partial charge in [0.2, 0.25) is 10.0 Å². The molecular weight excluding hydrogens is 248 g/mol. The zero-order valence-electron chi connectivity index (χ0n) is 11.3. The SMILES string of the molecule is CCS(=O)(=O)N1CC[NH+](C[C@H]2CC=CCC2)CC1. The van der Waals surface area contributed by atoms with Crippen molar-refractivity contribution >= 4 is 10.0 Å². The third-order valence-electron chi connectivity index (χ3n) is 4.14. The van der Waals surface area contributed by atoms with Crippen molar-refractivity contribution in [2.24, 2.45) is 5.92 Å². The number of sulfonamides is 1. The van der Waals surface area contributed by atoms with Crippen molar-refractivity contribution in [2.75, 3.05) is 38.5 Å². The number of nitrogens with zero attached hydrogens (tertiary/aromatic N) is 1. The number of allylic oxidation sites excluding steroid dienone is 2. The molecule has 4 nitrogen and oxygen atoms in total. The second kappa shape index (κ2) is 6.17. The van der Waals surface area contributed by atoms with Crippen LogP contribution >= 0.6 is 0 Å². The van der Waals surface area contributed by atoms with Crippen LogP contribution in [0.3, 0.4) is 0 Å². The Bertz CT molecular complexity index is 384. The molecule has 1 atom stereocenters. The summed E-state index contributed by atoms with van der Waals surface area (Å²) in [4.78, 5) is 1.58. The summed E-state index contributed by atoms with van der Waals surface area (Å²) in [5.74, 6) is 1.04. The number of hydrogen-bond donors (Lipinski definition) is 1. The molecule has 1 heterocycles. The Labute approximate surface area is 111 Å². The first-order valence-electron chi connectivity index (χ1n) is 7.08. The van der Waals surface area contributed by atoms with Crippen LogP contribution in [0.4, 0.5) is 0 Å². The molecule has 1 N–H and O–H groups in total. The molecule has 0 spiro atoms. The molecule has 0 radical (unpaired) electrons. The van der Waals surface area contributed by atoms with Gasteiger partial charge in [0.05, 0.1) is 38.5 Å². The van der Waals surface area contributed by atoms with Crippen LogP contribution in [0.15, 0.2) is 12.2 Å². The predicted octanol–water partition coefficient (Wildman–Crippen LogP) is -0.107. The Kier molecular flexibility index (Phi) is 4.81. The van der Waals surface area contributed by atoms with E-state index in [4.69, 9.17) is 0 Å². The molecule has 0 aromatic heterocycles. The summed E-state index contributed by atoms with van der Waals surface area (Å²) >= 11 is 0. The van der Waals surface area contributed by atoms with Crippen molar-refractivity contribution < 1.29 is 13.3 Å². The van der Waals surface area contributed by atoms with Crippen molar-refractivity contribution in [1.29, 1.82) is 0 Å². The Morgan fingerprint density at radius 2 is 2.00 bits per heavy atom. The Balaban J connectivity index is 1.78. The maximum atomic E-state index is 11.8. The van der Waals surface area contributed by atoms with E-state index in [0.717, 1.165) is 19.0 Å². The van der Waals surface area contributed by atoms with Crippen LogP contribution in [0.1, 0.15) is 26.2 Å². The fraction of sp³-hybridized carbons (Fsp3) is 0.846. The normalized spacial score (nSPS) is 27.5. The molecule has 1 saturated heterocycles. The molecule has 1 aliphatic carbocycles. The summed E-state index contributed by atoms with van der Waals surface area (Å²) in [5.41, 5.74) is 0. The fourth-order valence-electron chi connectivity index (χ4n) is 2.92. The van der Waals surface area contributed by atoms with Crippen LogP contribution in [0.25, 0.3) is 0 Å². The minimum Gasteiger partial charge on any atom is -0.333 e. The minimum absolute atomic E-state index is 0.232. The highest BCUT2D eigenvalue weighted by molar-refractivity contribution is 7.89. The quantitative estimate of drug-likeness (QED) is 0.727. The van der Waals surface area contributed by atoms with E-state index in [-0.39, 0.29) is 5.75 Å². The maximum Gasteiger partial charge on any atom is 0.214 e. The van der Waals surface area contributed by atoms with E-state index in [0.29, 0.717) is 13.1 Å². The van der Waals surface area contributed by atoms with Crippen molar-refractivity contribution in [2.45, 2.75) is 26.2 Å². The van der Waals surface area contributed by atoms with Gasteiger partial charge in [-0.2, -0.15) is 4.31 Å². The van der Waals surface area contributed by atoms with E-state index in [1.807, 2.05) is 0 Å². The largest absolute Gasteiger partial charge is 0.333 e. The van der Waals surface area contributed by atoms with Crippen LogP contribution in [-0.2, 0) is 10.0 Å². The average molecular weight is 273 g/mol. The summed E-state index contributed by atoms with van der Waals surface area (Å²) in [6.07, 6.45) is 8.30. The second-order valence-electron chi connectivity index (χ2n) is 5.40. The van der Waals surface area contributed by atoms with E-state index in [2.05, 4.69) is 12.2 Å². The number of rotatable bonds is 4. The lowest BCUT2D eigenvalue weighted by atomic mass is 9.94. The zero-order chi connectivity index (χ0) is 13.0. The van der Waals surface area contributed by atoms with Gasteiger partial charge < -0.3 is 4.90 Å². The van der Waals surface area contributed by atoms with E-state index < -0.39 is 10.0 Å². The number of hydrogen-bond acceptors (Lipinski definition) is 2. The topological polar surface area (TPSA) is 41.8 Å². The van der Waals surface area contributed by atoms with E-state index in [1.165, 1.54) is 25.8 Å². The first-order chi connectivity index (χ1) is 8.62. The lowest BCUT2D eigenvalue weighted by Crippen LogP contribution is -3.15. The van der Waals surface area contributed by atoms with Gasteiger partial charge in [0, 0.05) is 5.92 Å². The highest BCUT2D eigenvalue weighted by atomic mass is 32.2. The van der Waals surface area contributed by atoms with Gasteiger partial charge in [0.25, 0.3) is 0 Å². The zero-order valence-corrected chi connectivity index (χ0v) is 12.1. The number of nitrogens with one attached hydrogen (secondary N) is 1. The van der Waals surface area contributed by atoms with Gasteiger partial charge >= 0.3 is 0 Å². The second-order valence-corrected chi connectivity index (χ2v) is 7.66. The predicted molar refractivity (Wildman–Crippen MR) is 73.1 cm³/mol. The molecule has 5 heteroatoms. The van der Waals surface area contributed by atoms with Gasteiger partial charge in [-0.05, 0) is 26.2 Å². The monoisotopic (exact) mass is 273 g/mol. The molecule has 1 fully saturated rings. The molecule has 2 rings (SSSR count). The fourth-order valence-corrected chi connectivity index (χ4v) is 4.02. The van der Waals surface area contributed by atoms with Crippen LogP contribution in [0, 0.1) is 5.92 Å². The molecular formula is C13H25N2O2S+. The summed E-state index contributed by atoms with van der Waals surface area (Å²) in [5, 5.41) is 0. The van der Waals surface area contributed by atoms with E-state index in [9.17, 15) is 8.42 Å².